The minimum Gasteiger partial charge on any atom is -0.492 e. The number of anilines is 5. The van der Waals surface area contributed by atoms with Gasteiger partial charge in [0.15, 0.2) is 11.6 Å². The quantitative estimate of drug-likeness (QED) is 0.640. The summed E-state index contributed by atoms with van der Waals surface area (Å²) in [5, 5.41) is 6.27. The first kappa shape index (κ1) is 15.5. The van der Waals surface area contributed by atoms with Crippen molar-refractivity contribution in [1.29, 1.82) is 0 Å². The van der Waals surface area contributed by atoms with Gasteiger partial charge in [0.1, 0.15) is 23.6 Å². The molecule has 24 heavy (non-hydrogen) atoms. The Morgan fingerprint density at radius 2 is 1.71 bits per heavy atom. The Hall–Kier alpha value is -3.35. The van der Waals surface area contributed by atoms with Gasteiger partial charge >= 0.3 is 0 Å². The van der Waals surface area contributed by atoms with Crippen LogP contribution in [0, 0.1) is 0 Å². The maximum absolute atomic E-state index is 6.18. The van der Waals surface area contributed by atoms with E-state index in [-0.39, 0.29) is 0 Å². The van der Waals surface area contributed by atoms with Gasteiger partial charge in [-0.3, -0.25) is 0 Å². The Bertz CT molecular complexity index is 809. The van der Waals surface area contributed by atoms with Crippen LogP contribution in [0.2, 0.25) is 0 Å². The van der Waals surface area contributed by atoms with Crippen LogP contribution in [0.3, 0.4) is 0 Å². The van der Waals surface area contributed by atoms with Crippen molar-refractivity contribution in [2.75, 3.05) is 23.0 Å². The first-order valence-corrected chi connectivity index (χ1v) is 7.55. The third-order valence-electron chi connectivity index (χ3n) is 3.24. The summed E-state index contributed by atoms with van der Waals surface area (Å²) in [6.07, 6.45) is 3.13. The van der Waals surface area contributed by atoms with Crippen molar-refractivity contribution in [3.8, 4) is 5.75 Å². The van der Waals surface area contributed by atoms with Crippen LogP contribution >= 0.6 is 0 Å². The highest BCUT2D eigenvalue weighted by atomic mass is 16.5. The van der Waals surface area contributed by atoms with E-state index < -0.39 is 0 Å². The molecule has 0 atom stereocenters. The number of ether oxygens (including phenoxy) is 1. The first-order chi connectivity index (χ1) is 11.8. The number of hydrogen-bond acceptors (Lipinski definition) is 7. The zero-order chi connectivity index (χ0) is 16.8. The summed E-state index contributed by atoms with van der Waals surface area (Å²) in [6.45, 7) is 2.51. The van der Waals surface area contributed by atoms with Gasteiger partial charge in [0.05, 0.1) is 12.3 Å². The lowest BCUT2D eigenvalue weighted by atomic mass is 10.3. The van der Waals surface area contributed by atoms with Crippen molar-refractivity contribution >= 4 is 28.8 Å². The molecule has 3 rings (SSSR count). The van der Waals surface area contributed by atoms with Crippen LogP contribution in [0.4, 0.5) is 28.8 Å². The van der Waals surface area contributed by atoms with Gasteiger partial charge in [-0.15, -0.1) is 0 Å². The molecular formula is C17H18N6O. The SMILES string of the molecule is CCOc1ccccc1Nc1ncnc(Nc2ccccn2)c1N. The fraction of sp³-hybridized carbons (Fsp3) is 0.118. The van der Waals surface area contributed by atoms with Crippen LogP contribution in [0.5, 0.6) is 5.75 Å². The third kappa shape index (κ3) is 3.52. The van der Waals surface area contributed by atoms with Crippen molar-refractivity contribution in [2.24, 2.45) is 0 Å². The summed E-state index contributed by atoms with van der Waals surface area (Å²) in [5.41, 5.74) is 7.37. The maximum atomic E-state index is 6.18. The van der Waals surface area contributed by atoms with Gasteiger partial charge in [0, 0.05) is 6.20 Å². The average molecular weight is 322 g/mol. The molecule has 2 heterocycles. The third-order valence-corrected chi connectivity index (χ3v) is 3.24. The average Bonchev–Trinajstić information content (AvgIpc) is 2.61. The highest BCUT2D eigenvalue weighted by Crippen LogP contribution is 2.31. The Morgan fingerprint density at radius 1 is 0.958 bits per heavy atom. The largest absolute Gasteiger partial charge is 0.492 e. The normalized spacial score (nSPS) is 10.2. The van der Waals surface area contributed by atoms with Gasteiger partial charge in [-0.2, -0.15) is 0 Å². The van der Waals surface area contributed by atoms with Gasteiger partial charge in [0.25, 0.3) is 0 Å². The summed E-state index contributed by atoms with van der Waals surface area (Å²) in [5.74, 6) is 2.37. The standard InChI is InChI=1S/C17H18N6O/c1-2-24-13-8-4-3-7-12(13)22-16-15(18)17(21-11-20-16)23-14-9-5-6-10-19-14/h3-11H,2,18H2,1H3,(H2,19,20,21,22,23). The Kier molecular flexibility index (Phi) is 4.71. The number of aromatic nitrogens is 3. The lowest BCUT2D eigenvalue weighted by Crippen LogP contribution is -2.06. The lowest BCUT2D eigenvalue weighted by molar-refractivity contribution is 0.342. The lowest BCUT2D eigenvalue weighted by Gasteiger charge is -2.14. The van der Waals surface area contributed by atoms with E-state index in [0.717, 1.165) is 11.4 Å². The summed E-state index contributed by atoms with van der Waals surface area (Å²) < 4.78 is 5.60. The number of benzene rings is 1. The first-order valence-electron chi connectivity index (χ1n) is 7.55. The second-order valence-electron chi connectivity index (χ2n) is 4.88. The molecule has 4 N–H and O–H groups in total. The Morgan fingerprint density at radius 3 is 2.46 bits per heavy atom. The fourth-order valence-corrected chi connectivity index (χ4v) is 2.13. The molecule has 0 radical (unpaired) electrons. The molecule has 1 aromatic carbocycles. The minimum absolute atomic E-state index is 0.398. The number of nitrogens with one attached hydrogen (secondary N) is 2. The molecule has 0 bridgehead atoms. The van der Waals surface area contributed by atoms with Crippen LogP contribution in [0.1, 0.15) is 6.92 Å². The fourth-order valence-electron chi connectivity index (χ4n) is 2.13. The van der Waals surface area contributed by atoms with E-state index in [9.17, 15) is 0 Å². The molecule has 0 saturated heterocycles. The van der Waals surface area contributed by atoms with E-state index in [2.05, 4.69) is 25.6 Å². The summed E-state index contributed by atoms with van der Waals surface area (Å²) in [7, 11) is 0. The van der Waals surface area contributed by atoms with Crippen LogP contribution in [0.15, 0.2) is 55.0 Å². The highest BCUT2D eigenvalue weighted by Gasteiger charge is 2.11. The number of nitrogens with two attached hydrogens (primary N) is 1. The molecule has 7 nitrogen and oxygen atoms in total. The number of pyridine rings is 1. The zero-order valence-electron chi connectivity index (χ0n) is 13.2. The van der Waals surface area contributed by atoms with Crippen molar-refractivity contribution in [1.82, 2.24) is 15.0 Å². The van der Waals surface area contributed by atoms with Crippen LogP contribution in [0.25, 0.3) is 0 Å². The molecule has 2 aromatic heterocycles. The van der Waals surface area contributed by atoms with E-state index in [1.54, 1.807) is 6.20 Å². The highest BCUT2D eigenvalue weighted by molar-refractivity contribution is 5.80. The number of para-hydroxylation sites is 2. The van der Waals surface area contributed by atoms with Crippen LogP contribution in [-0.4, -0.2) is 21.6 Å². The minimum atomic E-state index is 0.398. The molecule has 122 valence electrons. The Labute approximate surface area is 139 Å². The van der Waals surface area contributed by atoms with E-state index >= 15 is 0 Å². The molecular weight excluding hydrogens is 304 g/mol. The summed E-state index contributed by atoms with van der Waals surface area (Å²) in [4.78, 5) is 12.6. The molecule has 0 fully saturated rings. The predicted octanol–water partition coefficient (Wildman–Crippen LogP) is 3.34. The number of hydrogen-bond donors (Lipinski definition) is 3. The molecule has 0 amide bonds. The molecule has 0 aliphatic heterocycles. The molecule has 0 aliphatic carbocycles. The van der Waals surface area contributed by atoms with Crippen LogP contribution < -0.4 is 21.1 Å². The molecule has 3 aromatic rings. The molecule has 0 aliphatic rings. The number of nitrogen functional groups attached to an aromatic ring is 1. The molecule has 0 spiro atoms. The van der Waals surface area contributed by atoms with Crippen LogP contribution in [-0.2, 0) is 0 Å². The summed E-state index contributed by atoms with van der Waals surface area (Å²) in [6, 6.07) is 13.2. The van der Waals surface area contributed by atoms with Gasteiger partial charge in [-0.25, -0.2) is 15.0 Å². The zero-order valence-corrected chi connectivity index (χ0v) is 13.2. The van der Waals surface area contributed by atoms with Gasteiger partial charge < -0.3 is 21.1 Å². The topological polar surface area (TPSA) is 98.0 Å². The maximum Gasteiger partial charge on any atom is 0.160 e. The monoisotopic (exact) mass is 322 g/mol. The predicted molar refractivity (Wildman–Crippen MR) is 94.9 cm³/mol. The number of rotatable bonds is 6. The van der Waals surface area contributed by atoms with Gasteiger partial charge in [-0.1, -0.05) is 18.2 Å². The van der Waals surface area contributed by atoms with Gasteiger partial charge in [-0.05, 0) is 31.2 Å². The Balaban J connectivity index is 1.86. The molecule has 0 saturated carbocycles. The molecule has 7 heteroatoms. The number of nitrogens with zero attached hydrogens (tertiary/aromatic N) is 3. The van der Waals surface area contributed by atoms with Crippen molar-refractivity contribution in [3.63, 3.8) is 0 Å². The second kappa shape index (κ2) is 7.28. The van der Waals surface area contributed by atoms with E-state index in [4.69, 9.17) is 10.5 Å². The van der Waals surface area contributed by atoms with Crippen molar-refractivity contribution in [3.05, 3.63) is 55.0 Å². The van der Waals surface area contributed by atoms with E-state index in [1.165, 1.54) is 6.33 Å². The van der Waals surface area contributed by atoms with Crippen molar-refractivity contribution < 1.29 is 4.74 Å². The van der Waals surface area contributed by atoms with E-state index in [0.29, 0.717) is 29.7 Å². The molecule has 0 unspecified atom stereocenters. The second-order valence-corrected chi connectivity index (χ2v) is 4.88. The van der Waals surface area contributed by atoms with Crippen molar-refractivity contribution in [2.45, 2.75) is 6.92 Å². The summed E-state index contributed by atoms with van der Waals surface area (Å²) >= 11 is 0. The van der Waals surface area contributed by atoms with Gasteiger partial charge in [0.2, 0.25) is 0 Å². The van der Waals surface area contributed by atoms with E-state index in [1.807, 2.05) is 49.4 Å². The smallest absolute Gasteiger partial charge is 0.160 e.